The summed E-state index contributed by atoms with van der Waals surface area (Å²) in [7, 11) is 3.69. The average molecular weight is 670 g/mol. The van der Waals surface area contributed by atoms with Gasteiger partial charge in [0.05, 0.1) is 36.6 Å². The lowest BCUT2D eigenvalue weighted by atomic mass is 9.94. The number of hydrogen-bond donors (Lipinski definition) is 0. The van der Waals surface area contributed by atoms with E-state index >= 15 is 4.39 Å². The SMILES string of the molecule is C=CC(=O)N1Cc2cc(-c3nc(-c4ccc5c(c4)CCN(C)CC5)c4ccsc4c3-c3c(F)cc(F)cc3OCCOC)nn2CC1C. The van der Waals surface area contributed by atoms with Crippen LogP contribution in [0.3, 0.4) is 0 Å². The van der Waals surface area contributed by atoms with Gasteiger partial charge >= 0.3 is 0 Å². The van der Waals surface area contributed by atoms with Crippen molar-refractivity contribution in [2.45, 2.75) is 38.9 Å². The normalized spacial score (nSPS) is 16.4. The van der Waals surface area contributed by atoms with Crippen LogP contribution >= 0.6 is 11.3 Å². The number of fused-ring (bicyclic) bond motifs is 3. The molecule has 1 unspecified atom stereocenters. The van der Waals surface area contributed by atoms with Crippen molar-refractivity contribution in [2.75, 3.05) is 40.5 Å². The standard InChI is InChI=1S/C37H37F2N5O3S/c1-5-32(45)43-21-27-19-30(41-44(27)20-22(43)2)36-34(33-29(39)17-26(38)18-31(33)47-14-13-46-4)37-28(10-15-48-37)35(40-36)25-7-6-23-8-11-42(3)12-9-24(23)16-25/h5-7,10,15-19,22H,1,8-9,11-14,20-21H2,2-4H3. The molecule has 2 aromatic carbocycles. The summed E-state index contributed by atoms with van der Waals surface area (Å²) in [6.45, 7) is 8.80. The van der Waals surface area contributed by atoms with Gasteiger partial charge in [-0.05, 0) is 67.6 Å². The van der Waals surface area contributed by atoms with Crippen LogP contribution in [0.25, 0.3) is 43.9 Å². The van der Waals surface area contributed by atoms with Gasteiger partial charge in [0.15, 0.2) is 0 Å². The second-order valence-corrected chi connectivity index (χ2v) is 13.4. The van der Waals surface area contributed by atoms with Gasteiger partial charge in [-0.2, -0.15) is 5.10 Å². The molecule has 5 aromatic rings. The highest BCUT2D eigenvalue weighted by Crippen LogP contribution is 2.47. The van der Waals surface area contributed by atoms with Gasteiger partial charge in [-0.25, -0.2) is 13.8 Å². The molecule has 1 amide bonds. The van der Waals surface area contributed by atoms with Gasteiger partial charge in [0.2, 0.25) is 5.91 Å². The lowest BCUT2D eigenvalue weighted by molar-refractivity contribution is -0.129. The average Bonchev–Trinajstić information content (AvgIpc) is 3.68. The molecule has 0 aliphatic carbocycles. The Morgan fingerprint density at radius 1 is 1.06 bits per heavy atom. The Kier molecular flexibility index (Phi) is 8.84. The van der Waals surface area contributed by atoms with E-state index in [2.05, 4.69) is 36.7 Å². The summed E-state index contributed by atoms with van der Waals surface area (Å²) in [5.74, 6) is -1.60. The predicted octanol–water partition coefficient (Wildman–Crippen LogP) is 6.74. The van der Waals surface area contributed by atoms with E-state index in [1.54, 1.807) is 4.90 Å². The lowest BCUT2D eigenvalue weighted by Gasteiger charge is -2.33. The minimum atomic E-state index is -0.762. The third kappa shape index (κ3) is 5.91. The van der Waals surface area contributed by atoms with Crippen molar-refractivity contribution in [2.24, 2.45) is 0 Å². The number of thiophene rings is 1. The molecule has 0 saturated heterocycles. The van der Waals surface area contributed by atoms with E-state index in [0.29, 0.717) is 30.0 Å². The van der Waals surface area contributed by atoms with E-state index in [1.807, 2.05) is 29.1 Å². The molecule has 48 heavy (non-hydrogen) atoms. The fraction of sp³-hybridized carbons (Fsp3) is 0.324. The Hall–Kier alpha value is -4.45. The van der Waals surface area contributed by atoms with Crippen molar-refractivity contribution in [3.63, 3.8) is 0 Å². The number of aromatic nitrogens is 3. The van der Waals surface area contributed by atoms with Crippen molar-refractivity contribution in [1.29, 1.82) is 0 Å². The molecule has 5 heterocycles. The van der Waals surface area contributed by atoms with Crippen LogP contribution in [0.1, 0.15) is 23.7 Å². The van der Waals surface area contributed by atoms with Crippen LogP contribution in [0.15, 0.2) is 60.5 Å². The van der Waals surface area contributed by atoms with Crippen LogP contribution in [0.4, 0.5) is 8.78 Å². The number of likely N-dealkylation sites (N-methyl/N-ethyl adjacent to an activating group) is 1. The quantitative estimate of drug-likeness (QED) is 0.135. The van der Waals surface area contributed by atoms with Gasteiger partial charge in [-0.1, -0.05) is 18.7 Å². The lowest BCUT2D eigenvalue weighted by Crippen LogP contribution is -2.44. The first kappa shape index (κ1) is 32.1. The van der Waals surface area contributed by atoms with Gasteiger partial charge in [0.25, 0.3) is 0 Å². The molecule has 2 aliphatic heterocycles. The number of halogens is 2. The number of rotatable bonds is 8. The Labute approximate surface area is 282 Å². The van der Waals surface area contributed by atoms with Gasteiger partial charge in [0.1, 0.15) is 35.4 Å². The smallest absolute Gasteiger partial charge is 0.246 e. The molecular weight excluding hydrogens is 633 g/mol. The molecule has 0 fully saturated rings. The number of carbonyl (C=O) groups excluding carboxylic acids is 1. The number of nitrogens with zero attached hydrogens (tertiary/aromatic N) is 5. The van der Waals surface area contributed by atoms with Crippen LogP contribution in [0, 0.1) is 11.6 Å². The van der Waals surface area contributed by atoms with Gasteiger partial charge in [-0.3, -0.25) is 9.48 Å². The maximum atomic E-state index is 16.1. The first-order valence-electron chi connectivity index (χ1n) is 16.1. The summed E-state index contributed by atoms with van der Waals surface area (Å²) >= 11 is 1.47. The Morgan fingerprint density at radius 2 is 1.88 bits per heavy atom. The molecule has 0 N–H and O–H groups in total. The highest BCUT2D eigenvalue weighted by molar-refractivity contribution is 7.18. The summed E-state index contributed by atoms with van der Waals surface area (Å²) in [6, 6.07) is 12.4. The monoisotopic (exact) mass is 669 g/mol. The number of benzene rings is 2. The molecule has 0 saturated carbocycles. The summed E-state index contributed by atoms with van der Waals surface area (Å²) in [5.41, 5.74) is 6.75. The van der Waals surface area contributed by atoms with Crippen LogP contribution in [0.2, 0.25) is 0 Å². The molecule has 0 bridgehead atoms. The summed E-state index contributed by atoms with van der Waals surface area (Å²) in [6.07, 6.45) is 3.24. The minimum Gasteiger partial charge on any atom is -0.490 e. The third-order valence-electron chi connectivity index (χ3n) is 9.29. The van der Waals surface area contributed by atoms with E-state index in [0.717, 1.165) is 59.0 Å². The van der Waals surface area contributed by atoms with E-state index in [9.17, 15) is 9.18 Å². The number of pyridine rings is 1. The summed E-state index contributed by atoms with van der Waals surface area (Å²) in [4.78, 5) is 22.0. The largest absolute Gasteiger partial charge is 0.490 e. The number of amides is 1. The number of methoxy groups -OCH3 is 1. The number of hydrogen-bond acceptors (Lipinski definition) is 7. The highest BCUT2D eigenvalue weighted by Gasteiger charge is 2.30. The van der Waals surface area contributed by atoms with Crippen molar-refractivity contribution in [3.05, 3.63) is 89.0 Å². The second kappa shape index (κ2) is 13.2. The zero-order valence-corrected chi connectivity index (χ0v) is 28.1. The predicted molar refractivity (Wildman–Crippen MR) is 184 cm³/mol. The topological polar surface area (TPSA) is 72.7 Å². The third-order valence-corrected chi connectivity index (χ3v) is 10.2. The minimum absolute atomic E-state index is 0.0598. The number of ether oxygens (including phenoxy) is 2. The Bertz CT molecular complexity index is 2040. The van der Waals surface area contributed by atoms with E-state index in [-0.39, 0.29) is 36.5 Å². The number of carbonyl (C=O) groups is 1. The molecule has 8 nitrogen and oxygen atoms in total. The first-order chi connectivity index (χ1) is 23.2. The molecule has 2 aliphatic rings. The summed E-state index contributed by atoms with van der Waals surface area (Å²) < 4.78 is 44.6. The van der Waals surface area contributed by atoms with Crippen LogP contribution in [-0.4, -0.2) is 77.0 Å². The van der Waals surface area contributed by atoms with E-state index in [1.165, 1.54) is 41.7 Å². The highest BCUT2D eigenvalue weighted by atomic mass is 32.1. The molecule has 0 radical (unpaired) electrons. The van der Waals surface area contributed by atoms with Gasteiger partial charge in [-0.15, -0.1) is 11.3 Å². The first-order valence-corrected chi connectivity index (χ1v) is 17.0. The van der Waals surface area contributed by atoms with Crippen LogP contribution < -0.4 is 4.74 Å². The van der Waals surface area contributed by atoms with Gasteiger partial charge < -0.3 is 19.3 Å². The van der Waals surface area contributed by atoms with E-state index in [4.69, 9.17) is 19.6 Å². The van der Waals surface area contributed by atoms with Crippen LogP contribution in [-0.2, 0) is 35.5 Å². The van der Waals surface area contributed by atoms with Crippen molar-refractivity contribution < 1.29 is 23.0 Å². The molecule has 0 spiro atoms. The molecular formula is C37H37F2N5O3S. The Balaban J connectivity index is 1.46. The van der Waals surface area contributed by atoms with E-state index < -0.39 is 11.6 Å². The summed E-state index contributed by atoms with van der Waals surface area (Å²) in [5, 5.41) is 7.80. The second-order valence-electron chi connectivity index (χ2n) is 12.5. The Morgan fingerprint density at radius 3 is 2.67 bits per heavy atom. The molecule has 1 atom stereocenters. The van der Waals surface area contributed by atoms with Crippen LogP contribution in [0.5, 0.6) is 5.75 Å². The van der Waals surface area contributed by atoms with Crippen molar-refractivity contribution >= 4 is 27.3 Å². The van der Waals surface area contributed by atoms with Crippen molar-refractivity contribution in [3.8, 4) is 39.5 Å². The maximum Gasteiger partial charge on any atom is 0.246 e. The fourth-order valence-electron chi connectivity index (χ4n) is 6.74. The van der Waals surface area contributed by atoms with Gasteiger partial charge in [0, 0.05) is 59.6 Å². The zero-order chi connectivity index (χ0) is 33.5. The maximum absolute atomic E-state index is 16.1. The zero-order valence-electron chi connectivity index (χ0n) is 27.3. The fourth-order valence-corrected chi connectivity index (χ4v) is 7.68. The molecule has 248 valence electrons. The molecule has 3 aromatic heterocycles. The van der Waals surface area contributed by atoms with Crippen molar-refractivity contribution in [1.82, 2.24) is 24.6 Å². The molecule has 11 heteroatoms. The molecule has 7 rings (SSSR count).